The largest absolute Gasteiger partial charge is 0.416 e. The average molecular weight is 505 g/mol. The normalized spacial score (nSPS) is 11.4. The van der Waals surface area contributed by atoms with Gasteiger partial charge in [-0.3, -0.25) is 4.79 Å². The molecule has 0 bridgehead atoms. The summed E-state index contributed by atoms with van der Waals surface area (Å²) < 4.78 is 40.6. The SMILES string of the molecule is Cc1ccc(-n2nnc(C(=O)Nc3cccc(C(F)(F)F)c3)c2CSc2ncccn2)cc1Cl. The highest BCUT2D eigenvalue weighted by Gasteiger charge is 2.31. The third-order valence-electron chi connectivity index (χ3n) is 4.71. The number of nitrogens with zero attached hydrogens (tertiary/aromatic N) is 5. The fourth-order valence-corrected chi connectivity index (χ4v) is 3.96. The average Bonchev–Trinajstić information content (AvgIpc) is 3.24. The number of benzene rings is 2. The van der Waals surface area contributed by atoms with Crippen LogP contribution in [0.25, 0.3) is 5.69 Å². The molecule has 0 saturated heterocycles. The summed E-state index contributed by atoms with van der Waals surface area (Å²) in [6.45, 7) is 1.85. The molecule has 1 amide bonds. The summed E-state index contributed by atoms with van der Waals surface area (Å²) in [5.41, 5.74) is 0.907. The van der Waals surface area contributed by atoms with Crippen LogP contribution in [0.3, 0.4) is 0 Å². The van der Waals surface area contributed by atoms with E-state index in [1.54, 1.807) is 36.7 Å². The molecule has 1 N–H and O–H groups in total. The number of aromatic nitrogens is 5. The third-order valence-corrected chi connectivity index (χ3v) is 6.00. The number of hydrogen-bond acceptors (Lipinski definition) is 6. The van der Waals surface area contributed by atoms with Gasteiger partial charge in [0.2, 0.25) is 0 Å². The second-order valence-electron chi connectivity index (χ2n) is 7.08. The zero-order valence-corrected chi connectivity index (χ0v) is 19.1. The Bertz CT molecular complexity index is 1330. The molecular formula is C22H16ClF3N6OS. The predicted octanol–water partition coefficient (Wildman–Crippen LogP) is 5.58. The summed E-state index contributed by atoms with van der Waals surface area (Å²) >= 11 is 7.51. The minimum Gasteiger partial charge on any atom is -0.321 e. The van der Waals surface area contributed by atoms with Gasteiger partial charge in [0, 0.05) is 28.9 Å². The summed E-state index contributed by atoms with van der Waals surface area (Å²) in [6, 6.07) is 11.3. The third kappa shape index (κ3) is 5.37. The molecule has 0 fully saturated rings. The first-order valence-electron chi connectivity index (χ1n) is 9.82. The van der Waals surface area contributed by atoms with Crippen molar-refractivity contribution >= 4 is 35.0 Å². The van der Waals surface area contributed by atoms with Crippen molar-refractivity contribution in [3.8, 4) is 5.69 Å². The van der Waals surface area contributed by atoms with Gasteiger partial charge in [0.15, 0.2) is 10.9 Å². The van der Waals surface area contributed by atoms with E-state index in [9.17, 15) is 18.0 Å². The number of aryl methyl sites for hydroxylation is 1. The summed E-state index contributed by atoms with van der Waals surface area (Å²) in [5.74, 6) is -0.484. The molecule has 2 aromatic heterocycles. The minimum atomic E-state index is -4.54. The first kappa shape index (κ1) is 23.7. The van der Waals surface area contributed by atoms with Gasteiger partial charge >= 0.3 is 6.18 Å². The molecule has 12 heteroatoms. The number of carbonyl (C=O) groups excluding carboxylic acids is 1. The fourth-order valence-electron chi connectivity index (χ4n) is 2.98. The van der Waals surface area contributed by atoms with Crippen molar-refractivity contribution in [3.63, 3.8) is 0 Å². The van der Waals surface area contributed by atoms with E-state index in [0.717, 1.165) is 17.7 Å². The number of alkyl halides is 3. The standard InChI is InChI=1S/C22H16ClF3N6OS/c1-13-6-7-16(11-17(13)23)32-18(12-34-21-27-8-3-9-28-21)19(30-31-32)20(33)29-15-5-2-4-14(10-15)22(24,25)26/h2-11H,12H2,1H3,(H,29,33). The van der Waals surface area contributed by atoms with Gasteiger partial charge in [-0.2, -0.15) is 13.2 Å². The summed E-state index contributed by atoms with van der Waals surface area (Å²) in [5, 5.41) is 11.6. The Morgan fingerprint density at radius 3 is 2.59 bits per heavy atom. The second-order valence-corrected chi connectivity index (χ2v) is 8.43. The maximum Gasteiger partial charge on any atom is 0.416 e. The lowest BCUT2D eigenvalue weighted by Gasteiger charge is -2.11. The van der Waals surface area contributed by atoms with Crippen LogP contribution in [-0.4, -0.2) is 30.9 Å². The molecule has 0 radical (unpaired) electrons. The molecule has 0 aliphatic carbocycles. The second kappa shape index (κ2) is 9.82. The molecule has 0 aliphatic heterocycles. The number of hydrogen-bond donors (Lipinski definition) is 1. The summed E-state index contributed by atoms with van der Waals surface area (Å²) in [6.07, 6.45) is -1.36. The van der Waals surface area contributed by atoms with Gasteiger partial charge in [0.25, 0.3) is 5.91 Å². The van der Waals surface area contributed by atoms with Crippen LogP contribution < -0.4 is 5.32 Å². The zero-order valence-electron chi connectivity index (χ0n) is 17.5. The highest BCUT2D eigenvalue weighted by Crippen LogP contribution is 2.31. The van der Waals surface area contributed by atoms with Crippen LogP contribution in [0, 0.1) is 6.92 Å². The van der Waals surface area contributed by atoms with Crippen molar-refractivity contribution in [2.45, 2.75) is 24.0 Å². The molecule has 2 heterocycles. The molecule has 4 rings (SSSR count). The van der Waals surface area contributed by atoms with E-state index >= 15 is 0 Å². The fraction of sp³-hybridized carbons (Fsp3) is 0.136. The topological polar surface area (TPSA) is 85.6 Å². The first-order valence-corrected chi connectivity index (χ1v) is 11.2. The Hall–Kier alpha value is -3.44. The number of rotatable bonds is 6. The number of carbonyl (C=O) groups is 1. The van der Waals surface area contributed by atoms with Crippen LogP contribution in [0.1, 0.15) is 27.3 Å². The van der Waals surface area contributed by atoms with E-state index in [2.05, 4.69) is 25.6 Å². The molecule has 2 aromatic carbocycles. The monoisotopic (exact) mass is 504 g/mol. The number of amides is 1. The van der Waals surface area contributed by atoms with Crippen molar-refractivity contribution in [2.75, 3.05) is 5.32 Å². The summed E-state index contributed by atoms with van der Waals surface area (Å²) in [4.78, 5) is 21.3. The van der Waals surface area contributed by atoms with Crippen molar-refractivity contribution in [3.05, 3.63) is 88.5 Å². The number of anilines is 1. The molecule has 34 heavy (non-hydrogen) atoms. The zero-order chi connectivity index (χ0) is 24.3. The highest BCUT2D eigenvalue weighted by molar-refractivity contribution is 7.98. The van der Waals surface area contributed by atoms with Crippen molar-refractivity contribution in [2.24, 2.45) is 0 Å². The first-order chi connectivity index (χ1) is 16.2. The Kier molecular flexibility index (Phi) is 6.85. The van der Waals surface area contributed by atoms with Crippen LogP contribution >= 0.6 is 23.4 Å². The van der Waals surface area contributed by atoms with Gasteiger partial charge in [-0.05, 0) is 48.9 Å². The maximum absolute atomic E-state index is 13.0. The molecule has 0 unspecified atom stereocenters. The van der Waals surface area contributed by atoms with E-state index in [-0.39, 0.29) is 17.1 Å². The lowest BCUT2D eigenvalue weighted by atomic mass is 10.2. The number of thioether (sulfide) groups is 1. The van der Waals surface area contributed by atoms with E-state index in [1.165, 1.54) is 28.6 Å². The molecule has 7 nitrogen and oxygen atoms in total. The van der Waals surface area contributed by atoms with Crippen LogP contribution in [0.5, 0.6) is 0 Å². The molecule has 0 aliphatic rings. The van der Waals surface area contributed by atoms with Crippen molar-refractivity contribution < 1.29 is 18.0 Å². The quantitative estimate of drug-likeness (QED) is 0.272. The lowest BCUT2D eigenvalue weighted by molar-refractivity contribution is -0.137. The molecular weight excluding hydrogens is 489 g/mol. The molecule has 174 valence electrons. The van der Waals surface area contributed by atoms with E-state index in [0.29, 0.717) is 21.6 Å². The summed E-state index contributed by atoms with van der Waals surface area (Å²) in [7, 11) is 0. The van der Waals surface area contributed by atoms with E-state index in [1.807, 2.05) is 6.92 Å². The Morgan fingerprint density at radius 2 is 1.88 bits per heavy atom. The lowest BCUT2D eigenvalue weighted by Crippen LogP contribution is -2.16. The van der Waals surface area contributed by atoms with Crippen LogP contribution in [0.15, 0.2) is 66.1 Å². The number of nitrogens with one attached hydrogen (secondary N) is 1. The van der Waals surface area contributed by atoms with Crippen LogP contribution in [-0.2, 0) is 11.9 Å². The Labute approximate surface area is 201 Å². The van der Waals surface area contributed by atoms with Gasteiger partial charge < -0.3 is 5.32 Å². The minimum absolute atomic E-state index is 0.0160. The van der Waals surface area contributed by atoms with Crippen molar-refractivity contribution in [1.29, 1.82) is 0 Å². The Morgan fingerprint density at radius 1 is 1.12 bits per heavy atom. The molecule has 0 spiro atoms. The van der Waals surface area contributed by atoms with Crippen LogP contribution in [0.2, 0.25) is 5.02 Å². The highest BCUT2D eigenvalue weighted by atomic mass is 35.5. The van der Waals surface area contributed by atoms with Crippen LogP contribution in [0.4, 0.5) is 18.9 Å². The molecule has 0 saturated carbocycles. The number of halogens is 4. The maximum atomic E-state index is 13.0. The van der Waals surface area contributed by atoms with E-state index in [4.69, 9.17) is 11.6 Å². The van der Waals surface area contributed by atoms with Gasteiger partial charge in [0.1, 0.15) is 0 Å². The van der Waals surface area contributed by atoms with Gasteiger partial charge in [-0.25, -0.2) is 14.6 Å². The predicted molar refractivity (Wildman–Crippen MR) is 122 cm³/mol. The molecule has 4 aromatic rings. The smallest absolute Gasteiger partial charge is 0.321 e. The Balaban J connectivity index is 1.67. The van der Waals surface area contributed by atoms with Gasteiger partial charge in [0.05, 0.1) is 16.9 Å². The van der Waals surface area contributed by atoms with E-state index < -0.39 is 17.6 Å². The van der Waals surface area contributed by atoms with Gasteiger partial charge in [-0.1, -0.05) is 40.7 Å². The van der Waals surface area contributed by atoms with Crippen molar-refractivity contribution in [1.82, 2.24) is 25.0 Å². The molecule has 0 atom stereocenters. The van der Waals surface area contributed by atoms with Gasteiger partial charge in [-0.15, -0.1) is 5.10 Å².